The van der Waals surface area contributed by atoms with Crippen LogP contribution in [-0.4, -0.2) is 5.97 Å². The molecule has 22 heavy (non-hydrogen) atoms. The van der Waals surface area contributed by atoms with Crippen molar-refractivity contribution in [1.82, 2.24) is 0 Å². The molecule has 0 amide bonds. The molecule has 0 unspecified atom stereocenters. The second-order valence-electron chi connectivity index (χ2n) is 4.82. The van der Waals surface area contributed by atoms with Gasteiger partial charge >= 0.3 is 29.6 Å². The van der Waals surface area contributed by atoms with E-state index < -0.39 is 5.97 Å². The van der Waals surface area contributed by atoms with Crippen molar-refractivity contribution < 1.29 is 39.5 Å². The Bertz CT molecular complexity index is 961. The minimum absolute atomic E-state index is 0. The van der Waals surface area contributed by atoms with E-state index in [-0.39, 0.29) is 40.6 Å². The topological polar surface area (TPSA) is 57.2 Å². The van der Waals surface area contributed by atoms with Crippen molar-refractivity contribution in [3.8, 4) is 0 Å². The Morgan fingerprint density at radius 2 is 1.55 bits per heavy atom. The Kier molecular flexibility index (Phi) is 4.81. The van der Waals surface area contributed by atoms with Crippen LogP contribution in [0.5, 0.6) is 0 Å². The number of carbonyl (C=O) groups is 1. The van der Waals surface area contributed by atoms with E-state index in [2.05, 4.69) is 6.58 Å². The van der Waals surface area contributed by atoms with Gasteiger partial charge in [0.25, 0.3) is 0 Å². The molecular formula is C18H11NaO3. The number of rotatable bonds is 2. The van der Waals surface area contributed by atoms with Crippen LogP contribution in [-0.2, 0) is 4.79 Å². The average Bonchev–Trinajstić information content (AvgIpc) is 2.64. The Hall–Kier alpha value is -1.94. The molecule has 0 aliphatic heterocycles. The van der Waals surface area contributed by atoms with Gasteiger partial charge < -0.3 is 9.90 Å². The van der Waals surface area contributed by atoms with E-state index in [1.807, 2.05) is 30.3 Å². The van der Waals surface area contributed by atoms with Gasteiger partial charge in [-0.2, -0.15) is 0 Å². The molecule has 3 aromatic carbocycles. The van der Waals surface area contributed by atoms with Gasteiger partial charge in [0, 0.05) is 10.8 Å². The molecule has 0 N–H and O–H groups in total. The Morgan fingerprint density at radius 3 is 2.27 bits per heavy atom. The maximum atomic E-state index is 12.6. The van der Waals surface area contributed by atoms with Crippen molar-refractivity contribution in [2.75, 3.05) is 0 Å². The Morgan fingerprint density at radius 1 is 0.909 bits per heavy atom. The van der Waals surface area contributed by atoms with Crippen molar-refractivity contribution in [1.29, 1.82) is 0 Å². The monoisotopic (exact) mass is 298 g/mol. The first kappa shape index (κ1) is 16.4. The molecule has 0 aromatic heterocycles. The molecule has 0 radical (unpaired) electrons. The van der Waals surface area contributed by atoms with E-state index in [1.165, 1.54) is 0 Å². The number of benzene rings is 2. The molecule has 0 fully saturated rings. The van der Waals surface area contributed by atoms with Crippen molar-refractivity contribution in [3.63, 3.8) is 0 Å². The number of carboxylic acid groups (broad SMARTS) is 1. The molecule has 0 saturated heterocycles. The SMILES string of the molecule is C=C(C(=O)[O-])c1ccc2c(=O)c3ccccc3ccc2c1.[Na+]. The van der Waals surface area contributed by atoms with Gasteiger partial charge in [0.1, 0.15) is 0 Å². The van der Waals surface area contributed by atoms with Crippen LogP contribution in [0.25, 0.3) is 27.1 Å². The number of hydrogen-bond acceptors (Lipinski definition) is 3. The fourth-order valence-electron chi connectivity index (χ4n) is 2.39. The van der Waals surface area contributed by atoms with Gasteiger partial charge in [0.05, 0.1) is 5.97 Å². The first-order valence-corrected chi connectivity index (χ1v) is 6.44. The van der Waals surface area contributed by atoms with Gasteiger partial charge in [-0.3, -0.25) is 4.79 Å². The molecule has 102 valence electrons. The van der Waals surface area contributed by atoms with Crippen LogP contribution >= 0.6 is 0 Å². The van der Waals surface area contributed by atoms with Gasteiger partial charge in [0.2, 0.25) is 0 Å². The van der Waals surface area contributed by atoms with Crippen molar-refractivity contribution in [2.24, 2.45) is 0 Å². The molecule has 0 saturated carbocycles. The summed E-state index contributed by atoms with van der Waals surface area (Å²) in [6.45, 7) is 3.48. The van der Waals surface area contributed by atoms with Crippen LogP contribution in [0.15, 0.2) is 66.0 Å². The van der Waals surface area contributed by atoms with Gasteiger partial charge in [-0.25, -0.2) is 0 Å². The minimum Gasteiger partial charge on any atom is -0.545 e. The number of hydrogen-bond donors (Lipinski definition) is 0. The molecule has 0 aliphatic carbocycles. The first-order chi connectivity index (χ1) is 10.1. The zero-order valence-corrected chi connectivity index (χ0v) is 14.1. The third-order valence-electron chi connectivity index (χ3n) is 3.54. The van der Waals surface area contributed by atoms with Crippen molar-refractivity contribution in [3.05, 3.63) is 77.0 Å². The number of carboxylic acids is 1. The van der Waals surface area contributed by atoms with Crippen LogP contribution in [0, 0.1) is 0 Å². The summed E-state index contributed by atoms with van der Waals surface area (Å²) in [5.41, 5.74) is 0.272. The summed E-state index contributed by atoms with van der Waals surface area (Å²) in [7, 11) is 0. The molecule has 4 heteroatoms. The largest absolute Gasteiger partial charge is 1.00 e. The van der Waals surface area contributed by atoms with E-state index in [1.54, 1.807) is 24.3 Å². The Labute approximate surface area is 149 Å². The minimum atomic E-state index is -1.32. The molecule has 3 aromatic rings. The van der Waals surface area contributed by atoms with Gasteiger partial charge in [-0.1, -0.05) is 49.0 Å². The third-order valence-corrected chi connectivity index (χ3v) is 3.54. The second-order valence-corrected chi connectivity index (χ2v) is 4.82. The summed E-state index contributed by atoms with van der Waals surface area (Å²) in [4.78, 5) is 23.4. The van der Waals surface area contributed by atoms with Gasteiger partial charge in [0.15, 0.2) is 5.43 Å². The Balaban J connectivity index is 0.00000176. The molecule has 3 rings (SSSR count). The fourth-order valence-corrected chi connectivity index (χ4v) is 2.39. The van der Waals surface area contributed by atoms with Crippen LogP contribution in [0.3, 0.4) is 0 Å². The molecule has 0 atom stereocenters. The van der Waals surface area contributed by atoms with Crippen molar-refractivity contribution in [2.45, 2.75) is 0 Å². The standard InChI is InChI=1S/C18H12O3.Na/c1-11(18(20)21)13-8-9-16-14(10-13)7-6-12-4-2-3-5-15(12)17(16)19;/h2-10H,1H2,(H,20,21);/q;+1/p-1. The molecule has 0 spiro atoms. The van der Waals surface area contributed by atoms with Crippen LogP contribution in [0.4, 0.5) is 0 Å². The summed E-state index contributed by atoms with van der Waals surface area (Å²) >= 11 is 0. The molecule has 3 nitrogen and oxygen atoms in total. The zero-order chi connectivity index (χ0) is 15.0. The predicted molar refractivity (Wildman–Crippen MR) is 81.8 cm³/mol. The van der Waals surface area contributed by atoms with E-state index in [4.69, 9.17) is 0 Å². The van der Waals surface area contributed by atoms with Gasteiger partial charge in [-0.05, 0) is 34.0 Å². The average molecular weight is 298 g/mol. The first-order valence-electron chi connectivity index (χ1n) is 6.44. The predicted octanol–water partition coefficient (Wildman–Crippen LogP) is -0.880. The van der Waals surface area contributed by atoms with E-state index in [0.717, 1.165) is 5.39 Å². The third kappa shape index (κ3) is 2.83. The molecule has 0 heterocycles. The maximum absolute atomic E-state index is 12.6. The summed E-state index contributed by atoms with van der Waals surface area (Å²) in [6.07, 6.45) is 0. The maximum Gasteiger partial charge on any atom is 1.00 e. The normalized spacial score (nSPS) is 10.2. The second kappa shape index (κ2) is 6.44. The van der Waals surface area contributed by atoms with Crippen molar-refractivity contribution >= 4 is 33.1 Å². The summed E-state index contributed by atoms with van der Waals surface area (Å²) in [5.74, 6) is -1.32. The summed E-state index contributed by atoms with van der Waals surface area (Å²) in [5, 5.41) is 13.6. The zero-order valence-electron chi connectivity index (χ0n) is 12.1. The molecular weight excluding hydrogens is 287 g/mol. The number of carbonyl (C=O) groups excluding carboxylic acids is 1. The van der Waals surface area contributed by atoms with Gasteiger partial charge in [-0.15, -0.1) is 0 Å². The van der Waals surface area contributed by atoms with E-state index in [0.29, 0.717) is 21.7 Å². The van der Waals surface area contributed by atoms with Crippen LogP contribution < -0.4 is 40.1 Å². The summed E-state index contributed by atoms with van der Waals surface area (Å²) < 4.78 is 0. The number of fused-ring (bicyclic) bond motifs is 2. The molecule has 0 aliphatic rings. The van der Waals surface area contributed by atoms with Crippen LogP contribution in [0.2, 0.25) is 0 Å². The van der Waals surface area contributed by atoms with E-state index in [9.17, 15) is 14.7 Å². The summed E-state index contributed by atoms with van der Waals surface area (Å²) in [6, 6.07) is 15.9. The quantitative estimate of drug-likeness (QED) is 0.456. The molecule has 0 bridgehead atoms. The number of aliphatic carboxylic acids is 1. The van der Waals surface area contributed by atoms with Crippen LogP contribution in [0.1, 0.15) is 5.56 Å². The fraction of sp³-hybridized carbons (Fsp3) is 0. The van der Waals surface area contributed by atoms with E-state index >= 15 is 0 Å². The smallest absolute Gasteiger partial charge is 0.545 e.